The molecule has 2 aromatic carbocycles. The topological polar surface area (TPSA) is 64.0 Å². The average Bonchev–Trinajstić information content (AvgIpc) is 3.18. The van der Waals surface area contributed by atoms with Gasteiger partial charge in [-0.15, -0.1) is 11.3 Å². The molecule has 0 aliphatic heterocycles. The second-order valence-electron chi connectivity index (χ2n) is 8.34. The van der Waals surface area contributed by atoms with E-state index in [1.54, 1.807) is 0 Å². The van der Waals surface area contributed by atoms with Gasteiger partial charge in [0, 0.05) is 4.88 Å². The Bertz CT molecular complexity index is 1430. The summed E-state index contributed by atoms with van der Waals surface area (Å²) in [5.41, 5.74) is 1.09. The molecule has 174 valence electrons. The van der Waals surface area contributed by atoms with Gasteiger partial charge in [0.1, 0.15) is 22.2 Å². The molecule has 1 atom stereocenters. The number of nitrogens with one attached hydrogen (secondary N) is 1. The number of aryl methyl sites for hydroxylation is 1. The number of para-hydroxylation sites is 2. The number of benzene rings is 2. The number of hydrogen-bond acceptors (Lipinski definition) is 5. The molecule has 0 bridgehead atoms. The number of amides is 1. The first-order valence-corrected chi connectivity index (χ1v) is 12.7. The number of carbonyl (C=O) groups is 1. The summed E-state index contributed by atoms with van der Waals surface area (Å²) in [5.74, 6) is -1.90. The quantitative estimate of drug-likeness (QED) is 0.289. The first kappa shape index (κ1) is 22.7. The van der Waals surface area contributed by atoms with Crippen molar-refractivity contribution in [2.75, 3.05) is 11.1 Å². The van der Waals surface area contributed by atoms with Crippen molar-refractivity contribution in [3.8, 4) is 5.69 Å². The summed E-state index contributed by atoms with van der Waals surface area (Å²) in [6.07, 6.45) is 2.82. The number of fused-ring (bicyclic) bond motifs is 3. The summed E-state index contributed by atoms with van der Waals surface area (Å²) >= 11 is 2.60. The highest BCUT2D eigenvalue weighted by atomic mass is 32.2. The monoisotopic (exact) mass is 497 g/mol. The van der Waals surface area contributed by atoms with Gasteiger partial charge in [-0.3, -0.25) is 14.2 Å². The molecular weight excluding hydrogens is 476 g/mol. The number of nitrogens with zero attached hydrogens (tertiary/aromatic N) is 2. The summed E-state index contributed by atoms with van der Waals surface area (Å²) < 4.78 is 29.3. The van der Waals surface area contributed by atoms with Gasteiger partial charge in [-0.2, -0.15) is 0 Å². The van der Waals surface area contributed by atoms with Crippen LogP contribution in [0.2, 0.25) is 0 Å². The van der Waals surface area contributed by atoms with Gasteiger partial charge in [0.25, 0.3) is 5.56 Å². The van der Waals surface area contributed by atoms with E-state index in [1.807, 2.05) is 30.3 Å². The molecule has 1 aliphatic rings. The second-order valence-corrected chi connectivity index (χ2v) is 10.4. The average molecular weight is 498 g/mol. The van der Waals surface area contributed by atoms with Crippen LogP contribution in [0.5, 0.6) is 0 Å². The molecule has 9 heteroatoms. The van der Waals surface area contributed by atoms with Crippen molar-refractivity contribution in [1.29, 1.82) is 0 Å². The van der Waals surface area contributed by atoms with Crippen LogP contribution in [-0.2, 0) is 17.6 Å². The smallest absolute Gasteiger partial charge is 0.267 e. The molecule has 5 nitrogen and oxygen atoms in total. The number of halogens is 2. The van der Waals surface area contributed by atoms with Crippen molar-refractivity contribution >= 4 is 44.9 Å². The molecule has 1 amide bonds. The summed E-state index contributed by atoms with van der Waals surface area (Å²) in [6, 6.07) is 12.5. The third-order valence-electron chi connectivity index (χ3n) is 5.87. The number of thiophene rings is 1. The van der Waals surface area contributed by atoms with Crippen LogP contribution in [0, 0.1) is 17.6 Å². The minimum absolute atomic E-state index is 0.161. The second kappa shape index (κ2) is 9.31. The molecule has 2 aromatic heterocycles. The Morgan fingerprint density at radius 3 is 2.65 bits per heavy atom. The van der Waals surface area contributed by atoms with Crippen LogP contribution in [0.3, 0.4) is 0 Å². The maximum Gasteiger partial charge on any atom is 0.267 e. The molecule has 2 heterocycles. The van der Waals surface area contributed by atoms with E-state index in [-0.39, 0.29) is 11.3 Å². The van der Waals surface area contributed by atoms with Gasteiger partial charge in [-0.25, -0.2) is 13.8 Å². The standard InChI is InChI=1S/C25H21F2N3O2S2/c1-14-10-11-16-19(12-14)34-23-21(16)24(32)30(15-6-3-2-4-7-15)25(29-23)33-13-20(31)28-22-17(26)8-5-9-18(22)27/h2-9,14H,10-13H2,1H3,(H,28,31). The van der Waals surface area contributed by atoms with E-state index >= 15 is 0 Å². The molecule has 1 unspecified atom stereocenters. The molecule has 0 spiro atoms. The van der Waals surface area contributed by atoms with Crippen LogP contribution < -0.4 is 10.9 Å². The van der Waals surface area contributed by atoms with Gasteiger partial charge in [0.05, 0.1) is 16.8 Å². The Labute approximate surface area is 202 Å². The number of rotatable bonds is 5. The maximum absolute atomic E-state index is 13.9. The number of hydrogen-bond donors (Lipinski definition) is 1. The summed E-state index contributed by atoms with van der Waals surface area (Å²) in [4.78, 5) is 32.9. The van der Waals surface area contributed by atoms with Gasteiger partial charge in [-0.1, -0.05) is 43.0 Å². The third kappa shape index (κ3) is 4.25. The predicted molar refractivity (Wildman–Crippen MR) is 132 cm³/mol. The molecule has 0 radical (unpaired) electrons. The van der Waals surface area contributed by atoms with E-state index < -0.39 is 23.2 Å². The van der Waals surface area contributed by atoms with E-state index in [9.17, 15) is 18.4 Å². The fourth-order valence-electron chi connectivity index (χ4n) is 4.20. The highest BCUT2D eigenvalue weighted by Gasteiger charge is 2.25. The van der Waals surface area contributed by atoms with Gasteiger partial charge in [0.2, 0.25) is 5.91 Å². The molecule has 4 aromatic rings. The third-order valence-corrected chi connectivity index (χ3v) is 7.96. The fraction of sp³-hybridized carbons (Fsp3) is 0.240. The lowest BCUT2D eigenvalue weighted by Crippen LogP contribution is -2.23. The molecule has 0 saturated carbocycles. The van der Waals surface area contributed by atoms with E-state index in [0.717, 1.165) is 48.7 Å². The summed E-state index contributed by atoms with van der Waals surface area (Å²) in [7, 11) is 0. The number of carbonyl (C=O) groups excluding carboxylic acids is 1. The van der Waals surface area contributed by atoms with Crippen LogP contribution in [-0.4, -0.2) is 21.2 Å². The SMILES string of the molecule is CC1CCc2c(sc3nc(SCC(=O)Nc4c(F)cccc4F)n(-c4ccccc4)c(=O)c23)C1. The number of anilines is 1. The van der Waals surface area contributed by atoms with Crippen molar-refractivity contribution in [2.24, 2.45) is 5.92 Å². The molecule has 34 heavy (non-hydrogen) atoms. The van der Waals surface area contributed by atoms with E-state index in [0.29, 0.717) is 27.0 Å². The van der Waals surface area contributed by atoms with Crippen molar-refractivity contribution in [2.45, 2.75) is 31.3 Å². The van der Waals surface area contributed by atoms with Crippen LogP contribution in [0.15, 0.2) is 58.5 Å². The Kier molecular flexibility index (Phi) is 6.22. The molecule has 1 aliphatic carbocycles. The van der Waals surface area contributed by atoms with Crippen molar-refractivity contribution in [1.82, 2.24) is 9.55 Å². The molecule has 0 saturated heterocycles. The first-order valence-electron chi connectivity index (χ1n) is 10.9. The minimum atomic E-state index is -0.850. The number of aromatic nitrogens is 2. The van der Waals surface area contributed by atoms with E-state index in [4.69, 9.17) is 4.98 Å². The van der Waals surface area contributed by atoms with E-state index in [2.05, 4.69) is 12.2 Å². The first-order chi connectivity index (χ1) is 16.4. The molecule has 0 fully saturated rings. The highest BCUT2D eigenvalue weighted by molar-refractivity contribution is 7.99. The summed E-state index contributed by atoms with van der Waals surface area (Å²) in [5, 5.41) is 3.29. The maximum atomic E-state index is 13.9. The van der Waals surface area contributed by atoms with Crippen LogP contribution >= 0.6 is 23.1 Å². The van der Waals surface area contributed by atoms with Gasteiger partial charge < -0.3 is 5.32 Å². The zero-order valence-electron chi connectivity index (χ0n) is 18.3. The molecule has 5 rings (SSSR count). The van der Waals surface area contributed by atoms with Crippen molar-refractivity contribution in [3.05, 3.63) is 81.0 Å². The summed E-state index contributed by atoms with van der Waals surface area (Å²) in [6.45, 7) is 2.21. The predicted octanol–water partition coefficient (Wildman–Crippen LogP) is 5.58. The normalized spacial score (nSPS) is 15.3. The van der Waals surface area contributed by atoms with E-state index in [1.165, 1.54) is 26.8 Å². The van der Waals surface area contributed by atoms with Gasteiger partial charge >= 0.3 is 0 Å². The lowest BCUT2D eigenvalue weighted by molar-refractivity contribution is -0.113. The molecular formula is C25H21F2N3O2S2. The van der Waals surface area contributed by atoms with Crippen LogP contribution in [0.1, 0.15) is 23.8 Å². The lowest BCUT2D eigenvalue weighted by Gasteiger charge is -2.17. The van der Waals surface area contributed by atoms with Gasteiger partial charge in [0.15, 0.2) is 5.16 Å². The van der Waals surface area contributed by atoms with Crippen molar-refractivity contribution in [3.63, 3.8) is 0 Å². The lowest BCUT2D eigenvalue weighted by atomic mass is 9.89. The van der Waals surface area contributed by atoms with Crippen molar-refractivity contribution < 1.29 is 13.6 Å². The Morgan fingerprint density at radius 1 is 1.18 bits per heavy atom. The Morgan fingerprint density at radius 2 is 1.91 bits per heavy atom. The highest BCUT2D eigenvalue weighted by Crippen LogP contribution is 2.37. The Balaban J connectivity index is 1.52. The fourth-order valence-corrected chi connectivity index (χ4v) is 6.43. The van der Waals surface area contributed by atoms with Gasteiger partial charge in [-0.05, 0) is 55.0 Å². The van der Waals surface area contributed by atoms with Crippen LogP contribution in [0.4, 0.5) is 14.5 Å². The zero-order valence-corrected chi connectivity index (χ0v) is 19.9. The Hall–Kier alpha value is -3.04. The molecule has 1 N–H and O–H groups in total. The number of thioether (sulfide) groups is 1. The minimum Gasteiger partial charge on any atom is -0.320 e. The zero-order chi connectivity index (χ0) is 23.8. The van der Waals surface area contributed by atoms with Crippen LogP contribution in [0.25, 0.3) is 15.9 Å². The largest absolute Gasteiger partial charge is 0.320 e.